The van der Waals surface area contributed by atoms with Crippen molar-refractivity contribution in [1.82, 2.24) is 15.4 Å². The second-order valence-corrected chi connectivity index (χ2v) is 2.24. The van der Waals surface area contributed by atoms with Crippen molar-refractivity contribution in [3.8, 4) is 0 Å². The Balaban J connectivity index is 3.14. The lowest BCUT2D eigenvalue weighted by molar-refractivity contribution is 0.275. The minimum atomic E-state index is -0.284. The first-order valence-electron chi connectivity index (χ1n) is 2.39. The number of nitrogens with zero attached hydrogens (tertiary/aromatic N) is 3. The van der Waals surface area contributed by atoms with Gasteiger partial charge in [0.15, 0.2) is 5.15 Å². The zero-order chi connectivity index (χ0) is 7.56. The van der Waals surface area contributed by atoms with E-state index in [2.05, 4.69) is 15.4 Å². The molecule has 0 radical (unpaired) electrons. The number of rotatable bonds is 1. The number of aromatic nitrogens is 3. The second kappa shape index (κ2) is 3.09. The molecule has 0 saturated carbocycles. The largest absolute Gasteiger partial charge is 0.390 e. The predicted octanol–water partition coefficient (Wildman–Crippen LogP) is 0.671. The lowest BCUT2D eigenvalue weighted by Crippen LogP contribution is -1.96. The highest BCUT2D eigenvalue weighted by Gasteiger charge is 2.05. The quantitative estimate of drug-likeness (QED) is 0.689. The SMILES string of the molecule is OCc1nnnc(Cl)c1Cl. The molecule has 6 heteroatoms. The highest BCUT2D eigenvalue weighted by atomic mass is 35.5. The molecule has 1 aromatic heterocycles. The van der Waals surface area contributed by atoms with E-state index in [4.69, 9.17) is 28.3 Å². The zero-order valence-corrected chi connectivity index (χ0v) is 6.26. The van der Waals surface area contributed by atoms with Crippen LogP contribution >= 0.6 is 23.2 Å². The van der Waals surface area contributed by atoms with Crippen molar-refractivity contribution >= 4 is 23.2 Å². The highest BCUT2D eigenvalue weighted by Crippen LogP contribution is 2.19. The Bertz CT molecular complexity index is 242. The molecule has 0 atom stereocenters. The maximum atomic E-state index is 8.57. The van der Waals surface area contributed by atoms with Crippen LogP contribution in [0.15, 0.2) is 0 Å². The van der Waals surface area contributed by atoms with Crippen LogP contribution in [0.5, 0.6) is 0 Å². The van der Waals surface area contributed by atoms with E-state index in [1.54, 1.807) is 0 Å². The van der Waals surface area contributed by atoms with Crippen LogP contribution in [0.1, 0.15) is 5.69 Å². The number of aliphatic hydroxyl groups is 1. The lowest BCUT2D eigenvalue weighted by atomic mass is 10.4. The Morgan fingerprint density at radius 1 is 1.30 bits per heavy atom. The molecule has 1 heterocycles. The van der Waals surface area contributed by atoms with Gasteiger partial charge in [-0.1, -0.05) is 23.2 Å². The van der Waals surface area contributed by atoms with Gasteiger partial charge in [-0.05, 0) is 5.21 Å². The smallest absolute Gasteiger partial charge is 0.174 e. The van der Waals surface area contributed by atoms with Crippen molar-refractivity contribution < 1.29 is 5.11 Å². The van der Waals surface area contributed by atoms with E-state index in [1.165, 1.54) is 0 Å². The molecule has 54 valence electrons. The van der Waals surface area contributed by atoms with E-state index in [-0.39, 0.29) is 22.5 Å². The summed E-state index contributed by atoms with van der Waals surface area (Å²) < 4.78 is 0. The Morgan fingerprint density at radius 2 is 2.00 bits per heavy atom. The lowest BCUT2D eigenvalue weighted by Gasteiger charge is -1.95. The van der Waals surface area contributed by atoms with Gasteiger partial charge >= 0.3 is 0 Å². The van der Waals surface area contributed by atoms with Gasteiger partial charge in [0.05, 0.1) is 6.61 Å². The molecular weight excluding hydrogens is 177 g/mol. The Kier molecular flexibility index (Phi) is 2.37. The van der Waals surface area contributed by atoms with E-state index in [9.17, 15) is 0 Å². The van der Waals surface area contributed by atoms with Crippen LogP contribution in [0, 0.1) is 0 Å². The molecule has 0 saturated heterocycles. The summed E-state index contributed by atoms with van der Waals surface area (Å²) in [6.45, 7) is -0.284. The summed E-state index contributed by atoms with van der Waals surface area (Å²) in [7, 11) is 0. The van der Waals surface area contributed by atoms with Gasteiger partial charge in [-0.25, -0.2) is 0 Å². The Hall–Kier alpha value is -0.450. The fraction of sp³-hybridized carbons (Fsp3) is 0.250. The number of hydrogen-bond donors (Lipinski definition) is 1. The molecule has 0 unspecified atom stereocenters. The first-order valence-corrected chi connectivity index (χ1v) is 3.15. The van der Waals surface area contributed by atoms with Gasteiger partial charge in [0.2, 0.25) is 0 Å². The highest BCUT2D eigenvalue weighted by molar-refractivity contribution is 6.41. The molecule has 10 heavy (non-hydrogen) atoms. The molecule has 0 aliphatic carbocycles. The van der Waals surface area contributed by atoms with Gasteiger partial charge in [0.1, 0.15) is 10.7 Å². The maximum Gasteiger partial charge on any atom is 0.174 e. The standard InChI is InChI=1S/C4H3Cl2N3O/c5-3-2(1-10)7-9-8-4(3)6/h10H,1H2. The van der Waals surface area contributed by atoms with E-state index in [0.717, 1.165) is 0 Å². The van der Waals surface area contributed by atoms with Crippen LogP contribution < -0.4 is 0 Å². The summed E-state index contributed by atoms with van der Waals surface area (Å²) in [5.74, 6) is 0. The van der Waals surface area contributed by atoms with Gasteiger partial charge < -0.3 is 5.11 Å². The van der Waals surface area contributed by atoms with Crippen molar-refractivity contribution in [2.75, 3.05) is 0 Å². The van der Waals surface area contributed by atoms with Crippen molar-refractivity contribution in [2.24, 2.45) is 0 Å². The Morgan fingerprint density at radius 3 is 2.50 bits per heavy atom. The molecule has 1 N–H and O–H groups in total. The van der Waals surface area contributed by atoms with Crippen LogP contribution in [-0.4, -0.2) is 20.5 Å². The summed E-state index contributed by atoms with van der Waals surface area (Å²) in [5.41, 5.74) is 0.238. The summed E-state index contributed by atoms with van der Waals surface area (Å²) in [6, 6.07) is 0. The zero-order valence-electron chi connectivity index (χ0n) is 4.75. The Labute approximate surface area is 66.8 Å². The fourth-order valence-corrected chi connectivity index (χ4v) is 0.702. The van der Waals surface area contributed by atoms with Crippen molar-refractivity contribution in [3.05, 3.63) is 15.9 Å². The summed E-state index contributed by atoms with van der Waals surface area (Å²) in [5, 5.41) is 18.8. The molecule has 0 aliphatic rings. The number of halogens is 2. The number of aliphatic hydroxyl groups excluding tert-OH is 1. The first kappa shape index (κ1) is 7.65. The van der Waals surface area contributed by atoms with Gasteiger partial charge in [0.25, 0.3) is 0 Å². The molecule has 0 fully saturated rings. The summed E-state index contributed by atoms with van der Waals surface area (Å²) >= 11 is 11.0. The predicted molar refractivity (Wildman–Crippen MR) is 35.8 cm³/mol. The third-order valence-electron chi connectivity index (χ3n) is 0.882. The van der Waals surface area contributed by atoms with Crippen LogP contribution in [-0.2, 0) is 6.61 Å². The molecule has 4 nitrogen and oxygen atoms in total. The number of hydrogen-bond acceptors (Lipinski definition) is 4. The molecule has 1 rings (SSSR count). The molecule has 0 aliphatic heterocycles. The van der Waals surface area contributed by atoms with Crippen LogP contribution in [0.3, 0.4) is 0 Å². The normalized spacial score (nSPS) is 9.90. The topological polar surface area (TPSA) is 58.9 Å². The third-order valence-corrected chi connectivity index (χ3v) is 1.64. The van der Waals surface area contributed by atoms with Crippen LogP contribution in [0.25, 0.3) is 0 Å². The fourth-order valence-electron chi connectivity index (χ4n) is 0.424. The minimum Gasteiger partial charge on any atom is -0.390 e. The average molecular weight is 180 g/mol. The first-order chi connectivity index (χ1) is 4.75. The monoisotopic (exact) mass is 179 g/mol. The van der Waals surface area contributed by atoms with Crippen molar-refractivity contribution in [3.63, 3.8) is 0 Å². The van der Waals surface area contributed by atoms with Gasteiger partial charge in [-0.3, -0.25) is 0 Å². The van der Waals surface area contributed by atoms with E-state index >= 15 is 0 Å². The maximum absolute atomic E-state index is 8.57. The molecule has 1 aromatic rings. The summed E-state index contributed by atoms with van der Waals surface area (Å²) in [4.78, 5) is 0. The molecule has 0 aromatic carbocycles. The molecule has 0 bridgehead atoms. The second-order valence-electron chi connectivity index (χ2n) is 1.50. The minimum absolute atomic E-state index is 0.0562. The van der Waals surface area contributed by atoms with Crippen LogP contribution in [0.4, 0.5) is 0 Å². The van der Waals surface area contributed by atoms with E-state index < -0.39 is 0 Å². The van der Waals surface area contributed by atoms with E-state index in [0.29, 0.717) is 0 Å². The van der Waals surface area contributed by atoms with Crippen LogP contribution in [0.2, 0.25) is 10.2 Å². The average Bonchev–Trinajstić information content (AvgIpc) is 1.95. The third kappa shape index (κ3) is 1.34. The molecular formula is C4H3Cl2N3O. The summed E-state index contributed by atoms with van der Waals surface area (Å²) in [6.07, 6.45) is 0. The van der Waals surface area contributed by atoms with Crippen molar-refractivity contribution in [1.29, 1.82) is 0 Å². The van der Waals surface area contributed by atoms with Gasteiger partial charge in [-0.15, -0.1) is 10.2 Å². The van der Waals surface area contributed by atoms with E-state index in [1.807, 2.05) is 0 Å². The van der Waals surface area contributed by atoms with Gasteiger partial charge in [-0.2, -0.15) is 0 Å². The molecule has 0 amide bonds. The molecule has 0 spiro atoms. The van der Waals surface area contributed by atoms with Gasteiger partial charge in [0, 0.05) is 0 Å². The van der Waals surface area contributed by atoms with Crippen molar-refractivity contribution in [2.45, 2.75) is 6.61 Å².